The van der Waals surface area contributed by atoms with E-state index in [2.05, 4.69) is 10.3 Å². The lowest BCUT2D eigenvalue weighted by Crippen LogP contribution is -2.00. The molecule has 0 saturated heterocycles. The molecule has 0 aliphatic rings. The fourth-order valence-corrected chi connectivity index (χ4v) is 2.33. The number of nitrogens with zero attached hydrogens (tertiary/aromatic N) is 3. The minimum absolute atomic E-state index is 0.312. The van der Waals surface area contributed by atoms with E-state index in [1.54, 1.807) is 11.8 Å². The summed E-state index contributed by atoms with van der Waals surface area (Å²) in [6, 6.07) is 15.3. The van der Waals surface area contributed by atoms with E-state index in [4.69, 9.17) is 4.74 Å². The van der Waals surface area contributed by atoms with Crippen molar-refractivity contribution in [2.45, 2.75) is 6.92 Å². The summed E-state index contributed by atoms with van der Waals surface area (Å²) in [6.45, 7) is 2.01. The predicted molar refractivity (Wildman–Crippen MR) is 83.5 cm³/mol. The van der Waals surface area contributed by atoms with E-state index in [1.165, 1.54) is 0 Å². The lowest BCUT2D eigenvalue weighted by molar-refractivity contribution is 0.111. The molecule has 0 radical (unpaired) electrons. The Morgan fingerprint density at radius 2 is 1.91 bits per heavy atom. The zero-order valence-corrected chi connectivity index (χ0v) is 12.4. The fraction of sp³-hybridized carbons (Fsp3) is 0.118. The summed E-state index contributed by atoms with van der Waals surface area (Å²) in [5.74, 6) is 0.756. The van der Waals surface area contributed by atoms with Crippen LogP contribution >= 0.6 is 0 Å². The molecular weight excluding hydrogens is 278 g/mol. The molecule has 2 aromatic carbocycles. The number of methoxy groups -OCH3 is 1. The van der Waals surface area contributed by atoms with Gasteiger partial charge in [-0.1, -0.05) is 17.3 Å². The van der Waals surface area contributed by atoms with E-state index in [0.29, 0.717) is 11.4 Å². The van der Waals surface area contributed by atoms with Gasteiger partial charge in [0.1, 0.15) is 11.4 Å². The van der Waals surface area contributed by atoms with Gasteiger partial charge < -0.3 is 4.74 Å². The molecule has 0 fully saturated rings. The van der Waals surface area contributed by atoms with Crippen LogP contribution in [-0.4, -0.2) is 28.4 Å². The number of aromatic nitrogens is 3. The standard InChI is InChI=1S/C17H15N3O2/c1-12-4-3-5-14(10-12)20-17(16(11-21)18-19-20)13-6-8-15(22-2)9-7-13/h3-11H,1-2H3. The van der Waals surface area contributed by atoms with Gasteiger partial charge in [-0.3, -0.25) is 4.79 Å². The Morgan fingerprint density at radius 1 is 1.14 bits per heavy atom. The van der Waals surface area contributed by atoms with Gasteiger partial charge in [0.25, 0.3) is 0 Å². The average molecular weight is 293 g/mol. The summed E-state index contributed by atoms with van der Waals surface area (Å²) in [5, 5.41) is 8.09. The molecule has 0 bridgehead atoms. The molecule has 0 saturated carbocycles. The maximum Gasteiger partial charge on any atom is 0.172 e. The largest absolute Gasteiger partial charge is 0.497 e. The Hall–Kier alpha value is -2.95. The molecule has 0 aliphatic carbocycles. The molecule has 3 rings (SSSR count). The average Bonchev–Trinajstić information content (AvgIpc) is 2.99. The Bertz CT molecular complexity index is 807. The van der Waals surface area contributed by atoms with Crippen LogP contribution < -0.4 is 4.74 Å². The molecule has 110 valence electrons. The van der Waals surface area contributed by atoms with Crippen molar-refractivity contribution in [1.29, 1.82) is 0 Å². The zero-order valence-electron chi connectivity index (χ0n) is 12.4. The van der Waals surface area contributed by atoms with Crippen LogP contribution in [0.5, 0.6) is 5.75 Å². The van der Waals surface area contributed by atoms with Gasteiger partial charge in [-0.25, -0.2) is 4.68 Å². The summed E-state index contributed by atoms with van der Waals surface area (Å²) in [5.41, 5.74) is 3.82. The van der Waals surface area contributed by atoms with Crippen LogP contribution in [0.4, 0.5) is 0 Å². The molecule has 3 aromatic rings. The van der Waals surface area contributed by atoms with Gasteiger partial charge in [-0.05, 0) is 48.9 Å². The van der Waals surface area contributed by atoms with Gasteiger partial charge in [-0.15, -0.1) is 5.10 Å². The summed E-state index contributed by atoms with van der Waals surface area (Å²) in [6.07, 6.45) is 0.721. The second-order valence-electron chi connectivity index (χ2n) is 4.92. The molecule has 0 aliphatic heterocycles. The van der Waals surface area contributed by atoms with Gasteiger partial charge in [0.05, 0.1) is 12.8 Å². The molecule has 22 heavy (non-hydrogen) atoms. The molecule has 0 atom stereocenters. The maximum absolute atomic E-state index is 11.3. The topological polar surface area (TPSA) is 57.0 Å². The van der Waals surface area contributed by atoms with Crippen LogP contribution in [0.2, 0.25) is 0 Å². The fourth-order valence-electron chi connectivity index (χ4n) is 2.33. The molecule has 1 aromatic heterocycles. The molecule has 0 N–H and O–H groups in total. The first-order valence-corrected chi connectivity index (χ1v) is 6.85. The SMILES string of the molecule is COc1ccc(-c2c(C=O)nnn2-c2cccc(C)c2)cc1. The molecular formula is C17H15N3O2. The minimum Gasteiger partial charge on any atom is -0.497 e. The number of carbonyl (C=O) groups excluding carboxylic acids is 1. The Labute approximate surface area is 128 Å². The third-order valence-corrected chi connectivity index (χ3v) is 3.42. The van der Waals surface area contributed by atoms with Crippen LogP contribution in [0.15, 0.2) is 48.5 Å². The summed E-state index contributed by atoms with van der Waals surface area (Å²) >= 11 is 0. The number of carbonyl (C=O) groups is 1. The maximum atomic E-state index is 11.3. The van der Waals surface area contributed by atoms with Crippen molar-refractivity contribution in [2.75, 3.05) is 7.11 Å². The number of aldehydes is 1. The van der Waals surface area contributed by atoms with Gasteiger partial charge in [-0.2, -0.15) is 0 Å². The van der Waals surface area contributed by atoms with Crippen molar-refractivity contribution >= 4 is 6.29 Å². The van der Waals surface area contributed by atoms with E-state index >= 15 is 0 Å². The third-order valence-electron chi connectivity index (χ3n) is 3.42. The molecule has 5 heteroatoms. The highest BCUT2D eigenvalue weighted by atomic mass is 16.5. The second kappa shape index (κ2) is 5.81. The van der Waals surface area contributed by atoms with Crippen LogP contribution in [0, 0.1) is 6.92 Å². The van der Waals surface area contributed by atoms with E-state index in [0.717, 1.165) is 28.8 Å². The van der Waals surface area contributed by atoms with Crippen LogP contribution in [0.3, 0.4) is 0 Å². The monoisotopic (exact) mass is 293 g/mol. The second-order valence-corrected chi connectivity index (χ2v) is 4.92. The predicted octanol–water partition coefficient (Wildman–Crippen LogP) is 3.06. The van der Waals surface area contributed by atoms with E-state index in [9.17, 15) is 4.79 Å². The minimum atomic E-state index is 0.312. The highest BCUT2D eigenvalue weighted by Crippen LogP contribution is 2.26. The van der Waals surface area contributed by atoms with Crippen molar-refractivity contribution in [3.8, 4) is 22.7 Å². The van der Waals surface area contributed by atoms with E-state index in [-0.39, 0.29) is 0 Å². The molecule has 0 unspecified atom stereocenters. The van der Waals surface area contributed by atoms with Gasteiger partial charge in [0, 0.05) is 5.56 Å². The lowest BCUT2D eigenvalue weighted by atomic mass is 10.1. The van der Waals surface area contributed by atoms with Gasteiger partial charge in [0.15, 0.2) is 12.0 Å². The van der Waals surface area contributed by atoms with Crippen molar-refractivity contribution in [2.24, 2.45) is 0 Å². The van der Waals surface area contributed by atoms with Crippen LogP contribution in [0.1, 0.15) is 16.1 Å². The van der Waals surface area contributed by atoms with Crippen LogP contribution in [-0.2, 0) is 0 Å². The zero-order chi connectivity index (χ0) is 15.5. The van der Waals surface area contributed by atoms with Crippen molar-refractivity contribution in [1.82, 2.24) is 15.0 Å². The smallest absolute Gasteiger partial charge is 0.172 e. The van der Waals surface area contributed by atoms with Crippen LogP contribution in [0.25, 0.3) is 16.9 Å². The number of hydrogen-bond acceptors (Lipinski definition) is 4. The summed E-state index contributed by atoms with van der Waals surface area (Å²) < 4.78 is 6.85. The van der Waals surface area contributed by atoms with Gasteiger partial charge >= 0.3 is 0 Å². The summed E-state index contributed by atoms with van der Waals surface area (Å²) in [7, 11) is 1.62. The first-order valence-electron chi connectivity index (χ1n) is 6.85. The molecule has 5 nitrogen and oxygen atoms in total. The normalized spacial score (nSPS) is 10.5. The first kappa shape index (κ1) is 14.0. The number of hydrogen-bond donors (Lipinski definition) is 0. The van der Waals surface area contributed by atoms with Gasteiger partial charge in [0.2, 0.25) is 0 Å². The molecule has 1 heterocycles. The Kier molecular flexibility index (Phi) is 3.70. The first-order chi connectivity index (χ1) is 10.7. The third kappa shape index (κ3) is 2.48. The quantitative estimate of drug-likeness (QED) is 0.694. The highest BCUT2D eigenvalue weighted by Gasteiger charge is 2.16. The van der Waals surface area contributed by atoms with E-state index < -0.39 is 0 Å². The Morgan fingerprint density at radius 3 is 2.55 bits per heavy atom. The number of rotatable bonds is 4. The number of benzene rings is 2. The highest BCUT2D eigenvalue weighted by molar-refractivity contribution is 5.84. The van der Waals surface area contributed by atoms with Crippen molar-refractivity contribution in [3.05, 3.63) is 59.8 Å². The lowest BCUT2D eigenvalue weighted by Gasteiger charge is -2.08. The van der Waals surface area contributed by atoms with Crippen molar-refractivity contribution < 1.29 is 9.53 Å². The molecule has 0 spiro atoms. The van der Waals surface area contributed by atoms with E-state index in [1.807, 2.05) is 55.5 Å². The Balaban J connectivity index is 2.16. The molecule has 0 amide bonds. The van der Waals surface area contributed by atoms with Crippen molar-refractivity contribution in [3.63, 3.8) is 0 Å². The summed E-state index contributed by atoms with van der Waals surface area (Å²) in [4.78, 5) is 11.3. The number of aryl methyl sites for hydroxylation is 1. The number of ether oxygens (including phenoxy) is 1.